The summed E-state index contributed by atoms with van der Waals surface area (Å²) in [5.74, 6) is 1.45. The fraction of sp³-hybridized carbons (Fsp3) is 0.261. The Kier molecular flexibility index (Phi) is 5.33. The average Bonchev–Trinajstić information content (AvgIpc) is 2.74. The highest BCUT2D eigenvalue weighted by Crippen LogP contribution is 2.30. The lowest BCUT2D eigenvalue weighted by atomic mass is 9.92. The van der Waals surface area contributed by atoms with E-state index in [-0.39, 0.29) is 11.9 Å². The van der Waals surface area contributed by atoms with Gasteiger partial charge < -0.3 is 10.1 Å². The average molecular weight is 373 g/mol. The fourth-order valence-corrected chi connectivity index (χ4v) is 3.69. The molecule has 0 unspecified atom stereocenters. The molecule has 0 bridgehead atoms. The van der Waals surface area contributed by atoms with Crippen molar-refractivity contribution in [1.82, 2.24) is 15.3 Å². The molecule has 0 saturated carbocycles. The molecule has 142 valence electrons. The molecule has 2 aromatic carbocycles. The molecule has 1 heterocycles. The van der Waals surface area contributed by atoms with Crippen molar-refractivity contribution in [1.29, 1.82) is 0 Å². The number of methoxy groups -OCH3 is 1. The molecular weight excluding hydrogens is 350 g/mol. The molecule has 4 rings (SSSR count). The largest absolute Gasteiger partial charge is 0.496 e. The summed E-state index contributed by atoms with van der Waals surface area (Å²) in [4.78, 5) is 22.0. The van der Waals surface area contributed by atoms with E-state index in [4.69, 9.17) is 9.72 Å². The first-order chi connectivity index (χ1) is 13.7. The highest BCUT2D eigenvalue weighted by molar-refractivity contribution is 5.79. The molecule has 0 fully saturated rings. The molecule has 0 radical (unpaired) electrons. The predicted molar refractivity (Wildman–Crippen MR) is 108 cm³/mol. The molecule has 1 amide bonds. The molecule has 0 spiro atoms. The summed E-state index contributed by atoms with van der Waals surface area (Å²) in [5.41, 5.74) is 3.95. The lowest BCUT2D eigenvalue weighted by molar-refractivity contribution is -0.121. The lowest BCUT2D eigenvalue weighted by Crippen LogP contribution is -2.32. The van der Waals surface area contributed by atoms with E-state index in [1.807, 2.05) is 60.8 Å². The van der Waals surface area contributed by atoms with Crippen LogP contribution >= 0.6 is 0 Å². The Balaban J connectivity index is 1.51. The van der Waals surface area contributed by atoms with Crippen molar-refractivity contribution in [3.8, 4) is 17.1 Å². The van der Waals surface area contributed by atoms with E-state index in [2.05, 4.69) is 10.3 Å². The second kappa shape index (κ2) is 8.21. The zero-order valence-corrected chi connectivity index (χ0v) is 15.9. The molecule has 1 atom stereocenters. The van der Waals surface area contributed by atoms with Crippen molar-refractivity contribution in [3.63, 3.8) is 0 Å². The normalized spacial score (nSPS) is 15.5. The molecule has 1 aliphatic rings. The predicted octanol–water partition coefficient (Wildman–Crippen LogP) is 3.89. The van der Waals surface area contributed by atoms with Crippen LogP contribution in [-0.2, 0) is 17.6 Å². The number of nitrogens with one attached hydrogen (secondary N) is 1. The third kappa shape index (κ3) is 3.88. The standard InChI is InChI=1S/C23H23N3O2/c1-28-21-13-6-5-10-17(21)14-22(27)25-19-11-7-12-20-18(19)15-24-23(26-20)16-8-3-2-4-9-16/h2-6,8-10,13,15,19H,7,11-12,14H2,1H3,(H,25,27)/t19-/m0/s1. The van der Waals surface area contributed by atoms with E-state index in [1.165, 1.54) is 0 Å². The molecule has 1 N–H and O–H groups in total. The minimum absolute atomic E-state index is 0.0190. The molecule has 1 aliphatic carbocycles. The van der Waals surface area contributed by atoms with Gasteiger partial charge in [-0.1, -0.05) is 48.5 Å². The second-order valence-electron chi connectivity index (χ2n) is 6.96. The Morgan fingerprint density at radius 2 is 1.93 bits per heavy atom. The monoisotopic (exact) mass is 373 g/mol. The fourth-order valence-electron chi connectivity index (χ4n) is 3.69. The van der Waals surface area contributed by atoms with Crippen molar-refractivity contribution >= 4 is 5.91 Å². The quantitative estimate of drug-likeness (QED) is 0.737. The van der Waals surface area contributed by atoms with Gasteiger partial charge in [-0.15, -0.1) is 0 Å². The summed E-state index contributed by atoms with van der Waals surface area (Å²) in [6.45, 7) is 0. The van der Waals surface area contributed by atoms with Crippen LogP contribution in [0.5, 0.6) is 5.75 Å². The molecule has 5 nitrogen and oxygen atoms in total. The van der Waals surface area contributed by atoms with Gasteiger partial charge in [-0.05, 0) is 25.3 Å². The second-order valence-corrected chi connectivity index (χ2v) is 6.96. The number of carbonyl (C=O) groups is 1. The van der Waals surface area contributed by atoms with Gasteiger partial charge in [0, 0.05) is 28.6 Å². The first-order valence-electron chi connectivity index (χ1n) is 9.57. The van der Waals surface area contributed by atoms with Crippen molar-refractivity contribution in [2.24, 2.45) is 0 Å². The van der Waals surface area contributed by atoms with E-state index in [0.29, 0.717) is 6.42 Å². The van der Waals surface area contributed by atoms with Gasteiger partial charge >= 0.3 is 0 Å². The van der Waals surface area contributed by atoms with Crippen LogP contribution in [0.4, 0.5) is 0 Å². The lowest BCUT2D eigenvalue weighted by Gasteiger charge is -2.25. The van der Waals surface area contributed by atoms with Crippen molar-refractivity contribution in [3.05, 3.63) is 77.6 Å². The van der Waals surface area contributed by atoms with Crippen molar-refractivity contribution in [2.75, 3.05) is 7.11 Å². The van der Waals surface area contributed by atoms with Crippen LogP contribution in [0.2, 0.25) is 0 Å². The van der Waals surface area contributed by atoms with E-state index in [9.17, 15) is 4.79 Å². The van der Waals surface area contributed by atoms with Crippen LogP contribution in [0.15, 0.2) is 60.8 Å². The van der Waals surface area contributed by atoms with Crippen LogP contribution in [0.1, 0.15) is 35.7 Å². The number of benzene rings is 2. The number of rotatable bonds is 5. The van der Waals surface area contributed by atoms with Gasteiger partial charge in [0.05, 0.1) is 19.6 Å². The number of aromatic nitrogens is 2. The van der Waals surface area contributed by atoms with E-state index in [0.717, 1.165) is 53.2 Å². The maximum Gasteiger partial charge on any atom is 0.225 e. The molecule has 28 heavy (non-hydrogen) atoms. The molecule has 0 aliphatic heterocycles. The van der Waals surface area contributed by atoms with Gasteiger partial charge in [0.1, 0.15) is 5.75 Å². The van der Waals surface area contributed by atoms with Crippen LogP contribution in [-0.4, -0.2) is 23.0 Å². The Morgan fingerprint density at radius 1 is 1.14 bits per heavy atom. The number of hydrogen-bond acceptors (Lipinski definition) is 4. The zero-order chi connectivity index (χ0) is 19.3. The minimum atomic E-state index is -0.0456. The molecule has 1 aromatic heterocycles. The maximum absolute atomic E-state index is 12.6. The van der Waals surface area contributed by atoms with Crippen LogP contribution in [0.25, 0.3) is 11.4 Å². The number of para-hydroxylation sites is 1. The summed E-state index contributed by atoms with van der Waals surface area (Å²) in [6, 6.07) is 17.5. The Bertz CT molecular complexity index is 973. The highest BCUT2D eigenvalue weighted by atomic mass is 16.5. The SMILES string of the molecule is COc1ccccc1CC(=O)N[C@H]1CCCc2nc(-c3ccccc3)ncc21. The summed E-state index contributed by atoms with van der Waals surface area (Å²) in [7, 11) is 1.62. The summed E-state index contributed by atoms with van der Waals surface area (Å²) in [6.07, 6.45) is 4.98. The van der Waals surface area contributed by atoms with Crippen molar-refractivity contribution < 1.29 is 9.53 Å². The highest BCUT2D eigenvalue weighted by Gasteiger charge is 2.24. The number of hydrogen-bond donors (Lipinski definition) is 1. The minimum Gasteiger partial charge on any atom is -0.496 e. The molecule has 3 aromatic rings. The van der Waals surface area contributed by atoms with Crippen molar-refractivity contribution in [2.45, 2.75) is 31.7 Å². The van der Waals surface area contributed by atoms with Crippen LogP contribution in [0.3, 0.4) is 0 Å². The first-order valence-corrected chi connectivity index (χ1v) is 9.57. The summed E-state index contributed by atoms with van der Waals surface area (Å²) < 4.78 is 5.35. The van der Waals surface area contributed by atoms with Gasteiger partial charge in [-0.25, -0.2) is 9.97 Å². The Labute approximate surface area is 164 Å². The van der Waals surface area contributed by atoms with E-state index < -0.39 is 0 Å². The number of amides is 1. The Hall–Kier alpha value is -3.21. The van der Waals surface area contributed by atoms with Gasteiger partial charge in [-0.3, -0.25) is 4.79 Å². The number of aryl methyl sites for hydroxylation is 1. The topological polar surface area (TPSA) is 64.1 Å². The number of nitrogens with zero attached hydrogens (tertiary/aromatic N) is 2. The van der Waals surface area contributed by atoms with Crippen LogP contribution in [0, 0.1) is 0 Å². The van der Waals surface area contributed by atoms with Gasteiger partial charge in [0.15, 0.2) is 5.82 Å². The van der Waals surface area contributed by atoms with E-state index >= 15 is 0 Å². The Morgan fingerprint density at radius 3 is 2.75 bits per heavy atom. The van der Waals surface area contributed by atoms with E-state index in [1.54, 1.807) is 7.11 Å². The molecule has 5 heteroatoms. The third-order valence-corrected chi connectivity index (χ3v) is 5.09. The number of carbonyl (C=O) groups excluding carboxylic acids is 1. The number of fused-ring (bicyclic) bond motifs is 1. The van der Waals surface area contributed by atoms with Gasteiger partial charge in [0.2, 0.25) is 5.91 Å². The van der Waals surface area contributed by atoms with Gasteiger partial charge in [-0.2, -0.15) is 0 Å². The molecule has 0 saturated heterocycles. The maximum atomic E-state index is 12.6. The number of ether oxygens (including phenoxy) is 1. The summed E-state index contributed by atoms with van der Waals surface area (Å²) >= 11 is 0. The van der Waals surface area contributed by atoms with Crippen LogP contribution < -0.4 is 10.1 Å². The smallest absolute Gasteiger partial charge is 0.225 e. The zero-order valence-electron chi connectivity index (χ0n) is 15.9. The molecular formula is C23H23N3O2. The summed E-state index contributed by atoms with van der Waals surface area (Å²) in [5, 5.41) is 3.16. The first kappa shape index (κ1) is 18.2. The third-order valence-electron chi connectivity index (χ3n) is 5.09. The van der Waals surface area contributed by atoms with Gasteiger partial charge in [0.25, 0.3) is 0 Å².